The van der Waals surface area contributed by atoms with Gasteiger partial charge >= 0.3 is 6.18 Å². The molecule has 0 saturated heterocycles. The normalized spacial score (nSPS) is 18.2. The number of benzene rings is 1. The largest absolute Gasteiger partial charge is 0.417 e. The van der Waals surface area contributed by atoms with Crippen molar-refractivity contribution in [1.82, 2.24) is 9.88 Å². The van der Waals surface area contributed by atoms with Crippen LogP contribution in [0.1, 0.15) is 52.0 Å². The van der Waals surface area contributed by atoms with E-state index in [4.69, 9.17) is 0 Å². The van der Waals surface area contributed by atoms with Gasteiger partial charge in [0.15, 0.2) is 5.78 Å². The number of carbonyl (C=O) groups is 2. The van der Waals surface area contributed by atoms with E-state index in [1.807, 2.05) is 12.1 Å². The molecule has 3 aliphatic rings. The van der Waals surface area contributed by atoms with E-state index < -0.39 is 17.6 Å². The van der Waals surface area contributed by atoms with Gasteiger partial charge in [-0.05, 0) is 47.8 Å². The molecule has 5 nitrogen and oxygen atoms in total. The lowest BCUT2D eigenvalue weighted by Gasteiger charge is -2.24. The fraction of sp³-hybridized carbons (Fsp3) is 0.400. The van der Waals surface area contributed by atoms with Crippen LogP contribution < -0.4 is 4.90 Å². The van der Waals surface area contributed by atoms with Gasteiger partial charge in [0.25, 0.3) is 5.91 Å². The number of Topliss-reactive ketones (excluding diaryl/α,β-unsaturated/α-hetero) is 1. The highest BCUT2D eigenvalue weighted by Gasteiger charge is 2.38. The summed E-state index contributed by atoms with van der Waals surface area (Å²) in [5.74, 6) is 0.989. The number of carbonyl (C=O) groups excluding carboxylic acids is 2. The third-order valence-corrected chi connectivity index (χ3v) is 6.65. The summed E-state index contributed by atoms with van der Waals surface area (Å²) in [7, 11) is 0. The Kier molecular flexibility index (Phi) is 5.46. The summed E-state index contributed by atoms with van der Waals surface area (Å²) in [5, 5.41) is 0. The van der Waals surface area contributed by atoms with Crippen LogP contribution in [0.3, 0.4) is 0 Å². The number of hydrogen-bond acceptors (Lipinski definition) is 4. The van der Waals surface area contributed by atoms with Gasteiger partial charge in [-0.15, -0.1) is 0 Å². The Labute approximate surface area is 189 Å². The molecule has 1 aromatic heterocycles. The molecule has 3 heterocycles. The fourth-order valence-corrected chi connectivity index (χ4v) is 4.60. The maximum atomic E-state index is 13.3. The quantitative estimate of drug-likeness (QED) is 0.466. The van der Waals surface area contributed by atoms with Gasteiger partial charge in [-0.2, -0.15) is 13.2 Å². The SMILES string of the molecule is O=C(CCC1CC1)c1ccc(N2CC3=C(CN(C(=O)c4ccccc4C(F)(F)F)C3)C2)nc1. The minimum atomic E-state index is -4.57. The second-order valence-corrected chi connectivity index (χ2v) is 9.08. The van der Waals surface area contributed by atoms with Crippen molar-refractivity contribution in [2.24, 2.45) is 5.92 Å². The van der Waals surface area contributed by atoms with Crippen molar-refractivity contribution in [3.63, 3.8) is 0 Å². The summed E-state index contributed by atoms with van der Waals surface area (Å²) in [6.07, 6.45) is 1.02. The lowest BCUT2D eigenvalue weighted by Crippen LogP contribution is -2.35. The highest BCUT2D eigenvalue weighted by atomic mass is 19.4. The number of rotatable bonds is 6. The van der Waals surface area contributed by atoms with E-state index in [-0.39, 0.29) is 11.3 Å². The molecule has 33 heavy (non-hydrogen) atoms. The molecular formula is C25H24F3N3O2. The van der Waals surface area contributed by atoms with E-state index in [1.54, 1.807) is 6.20 Å². The second kappa shape index (κ2) is 8.32. The van der Waals surface area contributed by atoms with Crippen LogP contribution in [-0.4, -0.2) is 47.8 Å². The first-order valence-corrected chi connectivity index (χ1v) is 11.2. The zero-order valence-electron chi connectivity index (χ0n) is 18.1. The molecule has 1 fully saturated rings. The summed E-state index contributed by atoms with van der Waals surface area (Å²) < 4.78 is 39.9. The summed E-state index contributed by atoms with van der Waals surface area (Å²) in [6, 6.07) is 8.57. The van der Waals surface area contributed by atoms with Crippen molar-refractivity contribution in [3.05, 3.63) is 70.4 Å². The van der Waals surface area contributed by atoms with Gasteiger partial charge in [0, 0.05) is 44.4 Å². The molecule has 172 valence electrons. The first kappa shape index (κ1) is 21.7. The highest BCUT2D eigenvalue weighted by molar-refractivity contribution is 5.97. The average Bonchev–Trinajstić information content (AvgIpc) is 3.42. The van der Waals surface area contributed by atoms with E-state index in [2.05, 4.69) is 9.88 Å². The monoisotopic (exact) mass is 455 g/mol. The molecule has 0 bridgehead atoms. The van der Waals surface area contributed by atoms with Crippen molar-refractivity contribution in [1.29, 1.82) is 0 Å². The highest BCUT2D eigenvalue weighted by Crippen LogP contribution is 2.35. The smallest absolute Gasteiger partial charge is 0.348 e. The van der Waals surface area contributed by atoms with E-state index >= 15 is 0 Å². The maximum absolute atomic E-state index is 13.3. The molecule has 0 unspecified atom stereocenters. The van der Waals surface area contributed by atoms with Crippen LogP contribution in [0, 0.1) is 5.92 Å². The number of nitrogens with zero attached hydrogens (tertiary/aromatic N) is 3. The fourth-order valence-electron chi connectivity index (χ4n) is 4.60. The van der Waals surface area contributed by atoms with E-state index in [1.165, 1.54) is 35.9 Å². The molecule has 1 saturated carbocycles. The van der Waals surface area contributed by atoms with Gasteiger partial charge in [-0.1, -0.05) is 25.0 Å². The van der Waals surface area contributed by atoms with Gasteiger partial charge in [-0.25, -0.2) is 4.98 Å². The van der Waals surface area contributed by atoms with Crippen LogP contribution in [-0.2, 0) is 6.18 Å². The summed E-state index contributed by atoms with van der Waals surface area (Å²) in [6.45, 7) is 1.77. The van der Waals surface area contributed by atoms with Gasteiger partial charge in [0.1, 0.15) is 5.82 Å². The minimum Gasteiger partial charge on any atom is -0.348 e. The maximum Gasteiger partial charge on any atom is 0.417 e. The van der Waals surface area contributed by atoms with Gasteiger partial charge in [-0.3, -0.25) is 9.59 Å². The number of anilines is 1. The lowest BCUT2D eigenvalue weighted by molar-refractivity contribution is -0.138. The molecule has 1 aromatic carbocycles. The first-order chi connectivity index (χ1) is 15.8. The Hall–Kier alpha value is -3.16. The predicted octanol–water partition coefficient (Wildman–Crippen LogP) is 4.75. The Morgan fingerprint density at radius 3 is 2.27 bits per heavy atom. The second-order valence-electron chi connectivity index (χ2n) is 9.08. The molecular weight excluding hydrogens is 431 g/mol. The Balaban J connectivity index is 1.20. The Bertz CT molecular complexity index is 1100. The molecule has 0 spiro atoms. The number of pyridine rings is 1. The molecule has 0 atom stereocenters. The van der Waals surface area contributed by atoms with Crippen molar-refractivity contribution in [2.45, 2.75) is 31.9 Å². The first-order valence-electron chi connectivity index (χ1n) is 11.2. The number of hydrogen-bond donors (Lipinski definition) is 0. The van der Waals surface area contributed by atoms with E-state index in [0.717, 1.165) is 29.5 Å². The molecule has 0 radical (unpaired) electrons. The minimum absolute atomic E-state index is 0.122. The van der Waals surface area contributed by atoms with E-state index in [9.17, 15) is 22.8 Å². The van der Waals surface area contributed by atoms with Crippen LogP contribution in [0.25, 0.3) is 0 Å². The zero-order valence-corrected chi connectivity index (χ0v) is 18.1. The summed E-state index contributed by atoms with van der Waals surface area (Å²) in [4.78, 5) is 33.1. The van der Waals surface area contributed by atoms with Crippen molar-refractivity contribution in [3.8, 4) is 0 Å². The average molecular weight is 455 g/mol. The summed E-state index contributed by atoms with van der Waals surface area (Å²) in [5.41, 5.74) is 1.49. The molecule has 8 heteroatoms. The van der Waals surface area contributed by atoms with Crippen molar-refractivity contribution >= 4 is 17.5 Å². The number of amides is 1. The van der Waals surface area contributed by atoms with E-state index in [0.29, 0.717) is 44.1 Å². The molecule has 2 aromatic rings. The Morgan fingerprint density at radius 1 is 0.970 bits per heavy atom. The van der Waals surface area contributed by atoms with Crippen LogP contribution in [0.2, 0.25) is 0 Å². The lowest BCUT2D eigenvalue weighted by atomic mass is 10.1. The van der Waals surface area contributed by atoms with Crippen molar-refractivity contribution < 1.29 is 22.8 Å². The summed E-state index contributed by atoms with van der Waals surface area (Å²) >= 11 is 0. The number of halogens is 3. The van der Waals surface area contributed by atoms with Gasteiger partial charge < -0.3 is 9.80 Å². The topological polar surface area (TPSA) is 53.5 Å². The Morgan fingerprint density at radius 2 is 1.67 bits per heavy atom. The van der Waals surface area contributed by atoms with Crippen LogP contribution in [0.5, 0.6) is 0 Å². The number of alkyl halides is 3. The standard InChI is InChI=1S/C25H24F3N3O2/c26-25(27,28)21-4-2-1-3-20(21)24(33)31-14-18-12-30(13-19(18)15-31)23-10-8-17(11-29-23)22(32)9-7-16-5-6-16/h1-4,8,10-11,16H,5-7,9,12-15H2. The number of aromatic nitrogens is 1. The zero-order chi connectivity index (χ0) is 23.2. The molecule has 0 N–H and O–H groups in total. The van der Waals surface area contributed by atoms with Crippen LogP contribution in [0.4, 0.5) is 19.0 Å². The van der Waals surface area contributed by atoms with Crippen LogP contribution in [0.15, 0.2) is 53.7 Å². The van der Waals surface area contributed by atoms with Gasteiger partial charge in [0.05, 0.1) is 11.1 Å². The van der Waals surface area contributed by atoms with Crippen LogP contribution >= 0.6 is 0 Å². The molecule has 1 amide bonds. The van der Waals surface area contributed by atoms with Gasteiger partial charge in [0.2, 0.25) is 0 Å². The third-order valence-electron chi connectivity index (χ3n) is 6.65. The molecule has 1 aliphatic carbocycles. The molecule has 2 aliphatic heterocycles. The van der Waals surface area contributed by atoms with Crippen molar-refractivity contribution in [2.75, 3.05) is 31.1 Å². The third kappa shape index (κ3) is 4.51. The predicted molar refractivity (Wildman–Crippen MR) is 117 cm³/mol. The molecule has 5 rings (SSSR count). The number of ketones is 1.